The molecule has 4 N–H and O–H groups in total. The van der Waals surface area contributed by atoms with Crippen molar-refractivity contribution in [2.45, 2.75) is 121 Å². The van der Waals surface area contributed by atoms with Gasteiger partial charge in [0.2, 0.25) is 17.6 Å². The van der Waals surface area contributed by atoms with E-state index in [1.807, 2.05) is 6.92 Å². The van der Waals surface area contributed by atoms with Crippen LogP contribution in [0.2, 0.25) is 0 Å². The highest BCUT2D eigenvalue weighted by Crippen LogP contribution is 2.37. The second kappa shape index (κ2) is 12.6. The summed E-state index contributed by atoms with van der Waals surface area (Å²) in [5.74, 6) is -2.53. The zero-order valence-electron chi connectivity index (χ0n) is 24.8. The van der Waals surface area contributed by atoms with E-state index in [0.717, 1.165) is 38.5 Å². The average molecular weight is 575 g/mol. The summed E-state index contributed by atoms with van der Waals surface area (Å²) in [6.45, 7) is 5.23. The topological polar surface area (TPSA) is 170 Å². The molecule has 3 aliphatic rings. The molecular weight excluding hydrogens is 528 g/mol. The quantitative estimate of drug-likeness (QED) is 0.355. The molecule has 0 aromatic carbocycles. The van der Waals surface area contributed by atoms with E-state index in [4.69, 9.17) is 10.5 Å². The van der Waals surface area contributed by atoms with E-state index in [0.29, 0.717) is 37.3 Å². The van der Waals surface area contributed by atoms with Crippen molar-refractivity contribution >= 4 is 23.5 Å². The third kappa shape index (κ3) is 6.48. The second-order valence-corrected chi connectivity index (χ2v) is 12.8. The number of hydrogen-bond donors (Lipinski definition) is 3. The van der Waals surface area contributed by atoms with Crippen LogP contribution in [0.15, 0.2) is 6.20 Å². The van der Waals surface area contributed by atoms with Crippen molar-refractivity contribution in [3.8, 4) is 0 Å². The number of primary amides is 1. The van der Waals surface area contributed by atoms with Crippen molar-refractivity contribution in [3.63, 3.8) is 0 Å². The molecule has 4 atom stereocenters. The Labute approximate surface area is 241 Å². The van der Waals surface area contributed by atoms with Gasteiger partial charge in [0.1, 0.15) is 29.3 Å². The highest BCUT2D eigenvalue weighted by atomic mass is 16.5. The van der Waals surface area contributed by atoms with Gasteiger partial charge in [0.05, 0.1) is 11.9 Å². The van der Waals surface area contributed by atoms with Gasteiger partial charge in [-0.15, -0.1) is 5.10 Å². The maximum atomic E-state index is 14.2. The number of aliphatic hydroxyl groups is 1. The van der Waals surface area contributed by atoms with Crippen LogP contribution >= 0.6 is 0 Å². The maximum absolute atomic E-state index is 14.2. The minimum atomic E-state index is -1.41. The molecule has 228 valence electrons. The van der Waals surface area contributed by atoms with Gasteiger partial charge in [-0.05, 0) is 39.0 Å². The summed E-state index contributed by atoms with van der Waals surface area (Å²) in [5.41, 5.74) is 3.13. The van der Waals surface area contributed by atoms with Crippen LogP contribution < -0.4 is 11.1 Å². The third-order valence-electron chi connectivity index (χ3n) is 9.31. The van der Waals surface area contributed by atoms with E-state index in [2.05, 4.69) is 15.6 Å². The molecule has 3 fully saturated rings. The lowest BCUT2D eigenvalue weighted by Gasteiger charge is -2.38. The number of aromatic nitrogens is 3. The molecule has 3 amide bonds. The standard InChI is InChI=1S/C29H46N6O6/c1-18(15-19-11-7-5-8-12-19)27(39)34-17-20(35-21(16-31-33-35)28(2,3)40)23(41-4)22(34)26(38)32-29(24(36)25(30)37)13-9-6-10-14-29/h16,18-20,22-23,40H,5-15,17H2,1-4H3,(H2,30,37)(H,32,38)/t18-,20-,22+,23+/m1/s1. The van der Waals surface area contributed by atoms with Gasteiger partial charge in [-0.2, -0.15) is 0 Å². The molecule has 12 heteroatoms. The van der Waals surface area contributed by atoms with E-state index in [1.165, 1.54) is 29.3 Å². The van der Waals surface area contributed by atoms with Crippen LogP contribution in [-0.2, 0) is 29.5 Å². The fraction of sp³-hybridized carbons (Fsp3) is 0.793. The van der Waals surface area contributed by atoms with Crippen LogP contribution in [0.3, 0.4) is 0 Å². The summed E-state index contributed by atoms with van der Waals surface area (Å²) >= 11 is 0. The van der Waals surface area contributed by atoms with E-state index in [1.54, 1.807) is 13.8 Å². The van der Waals surface area contributed by atoms with Crippen LogP contribution in [0.4, 0.5) is 0 Å². The fourth-order valence-corrected chi connectivity index (χ4v) is 7.17. The molecule has 2 aliphatic carbocycles. The number of ether oxygens (including phenoxy) is 1. The second-order valence-electron chi connectivity index (χ2n) is 12.8. The molecule has 0 spiro atoms. The van der Waals surface area contributed by atoms with Crippen molar-refractivity contribution < 1.29 is 29.0 Å². The predicted octanol–water partition coefficient (Wildman–Crippen LogP) is 1.75. The van der Waals surface area contributed by atoms with Crippen LogP contribution in [0.25, 0.3) is 0 Å². The van der Waals surface area contributed by atoms with Crippen LogP contribution in [0.5, 0.6) is 0 Å². The predicted molar refractivity (Wildman–Crippen MR) is 149 cm³/mol. The number of hydrogen-bond acceptors (Lipinski definition) is 8. The zero-order valence-corrected chi connectivity index (χ0v) is 24.8. The summed E-state index contributed by atoms with van der Waals surface area (Å²) < 4.78 is 7.41. The number of amides is 3. The number of nitrogens with two attached hydrogens (primary N) is 1. The number of Topliss-reactive ketones (excluding diaryl/α,β-unsaturated/α-hetero) is 1. The zero-order chi connectivity index (χ0) is 29.9. The largest absolute Gasteiger partial charge is 0.384 e. The van der Waals surface area contributed by atoms with Gasteiger partial charge in [-0.25, -0.2) is 4.68 Å². The Morgan fingerprint density at radius 3 is 2.37 bits per heavy atom. The Balaban J connectivity index is 1.68. The lowest BCUT2D eigenvalue weighted by Crippen LogP contribution is -2.63. The number of ketones is 1. The molecule has 2 saturated carbocycles. The summed E-state index contributed by atoms with van der Waals surface area (Å²) in [6.07, 6.45) is 9.87. The smallest absolute Gasteiger partial charge is 0.287 e. The Morgan fingerprint density at radius 1 is 1.15 bits per heavy atom. The number of nitrogens with zero attached hydrogens (tertiary/aromatic N) is 4. The van der Waals surface area contributed by atoms with Gasteiger partial charge in [-0.1, -0.05) is 63.5 Å². The summed E-state index contributed by atoms with van der Waals surface area (Å²) in [4.78, 5) is 54.8. The summed E-state index contributed by atoms with van der Waals surface area (Å²) in [5, 5.41) is 21.9. The van der Waals surface area contributed by atoms with Gasteiger partial charge in [0.25, 0.3) is 5.91 Å². The molecule has 0 bridgehead atoms. The molecule has 0 unspecified atom stereocenters. The first kappa shape index (κ1) is 31.1. The molecule has 1 aromatic heterocycles. The number of nitrogens with one attached hydrogen (secondary N) is 1. The Kier molecular flexibility index (Phi) is 9.52. The van der Waals surface area contributed by atoms with Crippen LogP contribution in [0, 0.1) is 11.8 Å². The van der Waals surface area contributed by atoms with Crippen molar-refractivity contribution in [1.29, 1.82) is 0 Å². The van der Waals surface area contributed by atoms with Gasteiger partial charge in [0.15, 0.2) is 0 Å². The highest BCUT2D eigenvalue weighted by molar-refractivity contribution is 6.39. The van der Waals surface area contributed by atoms with Crippen molar-refractivity contribution in [2.75, 3.05) is 13.7 Å². The van der Waals surface area contributed by atoms with Gasteiger partial charge >= 0.3 is 0 Å². The third-order valence-corrected chi connectivity index (χ3v) is 9.31. The lowest BCUT2D eigenvalue weighted by atomic mass is 9.78. The Morgan fingerprint density at radius 2 is 1.78 bits per heavy atom. The molecule has 4 rings (SSSR count). The van der Waals surface area contributed by atoms with Gasteiger partial charge < -0.3 is 25.8 Å². The van der Waals surface area contributed by atoms with E-state index in [-0.39, 0.29) is 18.4 Å². The average Bonchev–Trinajstić information content (AvgIpc) is 3.58. The number of rotatable bonds is 10. The number of methoxy groups -OCH3 is 1. The molecule has 0 radical (unpaired) electrons. The Hall–Kier alpha value is -2.86. The maximum Gasteiger partial charge on any atom is 0.287 e. The van der Waals surface area contributed by atoms with Crippen molar-refractivity contribution in [3.05, 3.63) is 11.9 Å². The number of carbonyl (C=O) groups excluding carboxylic acids is 4. The molecule has 2 heterocycles. The normalized spacial score (nSPS) is 26.0. The lowest BCUT2D eigenvalue weighted by molar-refractivity contribution is -0.148. The molecule has 41 heavy (non-hydrogen) atoms. The highest BCUT2D eigenvalue weighted by Gasteiger charge is 2.53. The minimum Gasteiger partial charge on any atom is -0.384 e. The van der Waals surface area contributed by atoms with Gasteiger partial charge in [0, 0.05) is 19.6 Å². The summed E-state index contributed by atoms with van der Waals surface area (Å²) in [7, 11) is 1.46. The first-order valence-corrected chi connectivity index (χ1v) is 15.0. The number of likely N-dealkylation sites (tertiary alicyclic amines) is 1. The SMILES string of the molecule is CO[C@@H]1[C@@H](C(=O)NC2(C(=O)C(N)=O)CCCCC2)N(C(=O)[C@H](C)CC2CCCCC2)C[C@H]1n1nncc1C(C)(C)O. The van der Waals surface area contributed by atoms with E-state index in [9.17, 15) is 24.3 Å². The van der Waals surface area contributed by atoms with Crippen LogP contribution in [0.1, 0.15) is 103 Å². The minimum absolute atomic E-state index is 0.105. The van der Waals surface area contributed by atoms with E-state index < -0.39 is 46.9 Å². The molecule has 12 nitrogen and oxygen atoms in total. The first-order chi connectivity index (χ1) is 19.4. The fourth-order valence-electron chi connectivity index (χ4n) is 7.17. The van der Waals surface area contributed by atoms with Crippen molar-refractivity contribution in [1.82, 2.24) is 25.2 Å². The molecule has 1 aliphatic heterocycles. The van der Waals surface area contributed by atoms with Crippen LogP contribution in [-0.4, -0.2) is 79.8 Å². The Bertz CT molecular complexity index is 1120. The molecule has 1 aromatic rings. The van der Waals surface area contributed by atoms with E-state index >= 15 is 0 Å². The van der Waals surface area contributed by atoms with Gasteiger partial charge in [-0.3, -0.25) is 19.2 Å². The summed E-state index contributed by atoms with van der Waals surface area (Å²) in [6, 6.07) is -1.72. The van der Waals surface area contributed by atoms with Crippen molar-refractivity contribution in [2.24, 2.45) is 17.6 Å². The monoisotopic (exact) mass is 574 g/mol. The molecular formula is C29H46N6O6. The number of carbonyl (C=O) groups is 4. The first-order valence-electron chi connectivity index (χ1n) is 15.0. The molecule has 1 saturated heterocycles.